The van der Waals surface area contributed by atoms with Gasteiger partial charge in [-0.2, -0.15) is 5.26 Å². The molecule has 1 fully saturated rings. The van der Waals surface area contributed by atoms with Crippen LogP contribution in [-0.2, 0) is 20.7 Å². The lowest BCUT2D eigenvalue weighted by Gasteiger charge is -2.40. The van der Waals surface area contributed by atoms with Crippen molar-refractivity contribution in [2.45, 2.75) is 45.6 Å². The summed E-state index contributed by atoms with van der Waals surface area (Å²) in [6.07, 6.45) is 2.43. The van der Waals surface area contributed by atoms with Gasteiger partial charge in [0.25, 0.3) is 0 Å². The molecule has 1 aliphatic rings. The van der Waals surface area contributed by atoms with Crippen molar-refractivity contribution in [3.8, 4) is 6.07 Å². The van der Waals surface area contributed by atoms with Gasteiger partial charge < -0.3 is 9.47 Å². The number of hydrogen-bond acceptors (Lipinski definition) is 4. The Morgan fingerprint density at radius 1 is 1.42 bits per heavy atom. The molecule has 0 aliphatic carbocycles. The third-order valence-corrected chi connectivity index (χ3v) is 4.76. The van der Waals surface area contributed by atoms with Gasteiger partial charge in [0.15, 0.2) is 0 Å². The van der Waals surface area contributed by atoms with Crippen molar-refractivity contribution < 1.29 is 14.3 Å². The second-order valence-corrected chi connectivity index (χ2v) is 7.07. The lowest BCUT2D eigenvalue weighted by Crippen LogP contribution is -2.41. The van der Waals surface area contributed by atoms with Crippen LogP contribution in [0.1, 0.15) is 39.2 Å². The van der Waals surface area contributed by atoms with Gasteiger partial charge in [-0.25, -0.2) is 0 Å². The zero-order chi connectivity index (χ0) is 17.6. The van der Waals surface area contributed by atoms with E-state index in [1.165, 1.54) is 0 Å². The van der Waals surface area contributed by atoms with Crippen molar-refractivity contribution in [3.63, 3.8) is 0 Å². The summed E-state index contributed by atoms with van der Waals surface area (Å²) in [6.45, 7) is 6.89. The summed E-state index contributed by atoms with van der Waals surface area (Å²) in [5.41, 5.74) is 0.934. The Morgan fingerprint density at radius 3 is 2.71 bits per heavy atom. The van der Waals surface area contributed by atoms with Gasteiger partial charge in [-0.15, -0.1) is 0 Å². The molecule has 130 valence electrons. The standard InChI is InChI=1S/C20H27NO3/c1-4-23-19(22)18(14-21)17(12-15-8-6-5-7-9-15)16-10-11-24-20(2,3)13-16/h5-9,16-18H,4,10-13H2,1-3H3/t16-,17-,18+/m0/s1. The summed E-state index contributed by atoms with van der Waals surface area (Å²) in [5, 5.41) is 9.65. The number of nitriles is 1. The van der Waals surface area contributed by atoms with Crippen molar-refractivity contribution in [2.75, 3.05) is 13.2 Å². The molecule has 3 atom stereocenters. The maximum absolute atomic E-state index is 12.3. The molecule has 0 radical (unpaired) electrons. The van der Waals surface area contributed by atoms with E-state index in [9.17, 15) is 10.1 Å². The number of rotatable bonds is 6. The quantitative estimate of drug-likeness (QED) is 0.746. The summed E-state index contributed by atoms with van der Waals surface area (Å²) >= 11 is 0. The molecule has 0 N–H and O–H groups in total. The topological polar surface area (TPSA) is 59.3 Å². The molecule has 0 unspecified atom stereocenters. The van der Waals surface area contributed by atoms with E-state index in [1.807, 2.05) is 18.2 Å². The van der Waals surface area contributed by atoms with Gasteiger partial charge >= 0.3 is 5.97 Å². The summed E-state index contributed by atoms with van der Waals surface area (Å²) in [7, 11) is 0. The molecular weight excluding hydrogens is 302 g/mol. The average Bonchev–Trinajstić information content (AvgIpc) is 2.55. The minimum Gasteiger partial charge on any atom is -0.465 e. The van der Waals surface area contributed by atoms with E-state index >= 15 is 0 Å². The van der Waals surface area contributed by atoms with Gasteiger partial charge in [0.1, 0.15) is 5.92 Å². The van der Waals surface area contributed by atoms with E-state index < -0.39 is 11.9 Å². The predicted octanol–water partition coefficient (Wildman–Crippen LogP) is 3.75. The summed E-state index contributed by atoms with van der Waals surface area (Å²) in [6, 6.07) is 12.3. The van der Waals surface area contributed by atoms with Crippen LogP contribution in [0.3, 0.4) is 0 Å². The van der Waals surface area contributed by atoms with E-state index in [-0.39, 0.29) is 17.4 Å². The van der Waals surface area contributed by atoms with Crippen molar-refractivity contribution >= 4 is 5.97 Å². The highest BCUT2D eigenvalue weighted by Crippen LogP contribution is 2.38. The van der Waals surface area contributed by atoms with Gasteiger partial charge in [0.2, 0.25) is 0 Å². The van der Waals surface area contributed by atoms with E-state index in [4.69, 9.17) is 9.47 Å². The molecule has 0 bridgehead atoms. The number of benzene rings is 1. The van der Waals surface area contributed by atoms with Crippen LogP contribution in [-0.4, -0.2) is 24.8 Å². The van der Waals surface area contributed by atoms with Crippen LogP contribution in [0.15, 0.2) is 30.3 Å². The first kappa shape index (κ1) is 18.5. The van der Waals surface area contributed by atoms with Crippen molar-refractivity contribution in [3.05, 3.63) is 35.9 Å². The summed E-state index contributed by atoms with van der Waals surface area (Å²) in [4.78, 5) is 12.3. The summed E-state index contributed by atoms with van der Waals surface area (Å²) < 4.78 is 11.0. The Hall–Kier alpha value is -1.86. The molecule has 0 aromatic heterocycles. The van der Waals surface area contributed by atoms with Crippen molar-refractivity contribution in [2.24, 2.45) is 17.8 Å². The van der Waals surface area contributed by atoms with Gasteiger partial charge in [-0.05, 0) is 57.4 Å². The van der Waals surface area contributed by atoms with Crippen LogP contribution in [0.5, 0.6) is 0 Å². The molecule has 1 aliphatic heterocycles. The SMILES string of the molecule is CCOC(=O)[C@H](C#N)[C@@H](Cc1ccccc1)[C@H]1CCOC(C)(C)C1. The fourth-order valence-electron chi connectivity index (χ4n) is 3.64. The minimum absolute atomic E-state index is 0.0559. The third-order valence-electron chi connectivity index (χ3n) is 4.76. The Kier molecular flexibility index (Phi) is 6.39. The van der Waals surface area contributed by atoms with Crippen LogP contribution in [0.25, 0.3) is 0 Å². The van der Waals surface area contributed by atoms with Crippen molar-refractivity contribution in [1.29, 1.82) is 5.26 Å². The lowest BCUT2D eigenvalue weighted by atomic mass is 9.71. The molecular formula is C20H27NO3. The zero-order valence-corrected chi connectivity index (χ0v) is 14.8. The molecule has 0 spiro atoms. The molecule has 1 aromatic rings. The van der Waals surface area contributed by atoms with Gasteiger partial charge in [-0.3, -0.25) is 4.79 Å². The molecule has 4 nitrogen and oxygen atoms in total. The average molecular weight is 329 g/mol. The minimum atomic E-state index is -0.732. The Balaban J connectivity index is 2.26. The number of nitrogens with zero attached hydrogens (tertiary/aromatic N) is 1. The van der Waals surface area contributed by atoms with Gasteiger partial charge in [0, 0.05) is 6.61 Å². The first-order chi connectivity index (χ1) is 11.5. The van der Waals surface area contributed by atoms with E-state index in [2.05, 4.69) is 32.0 Å². The highest BCUT2D eigenvalue weighted by molar-refractivity contribution is 5.75. The highest BCUT2D eigenvalue weighted by atomic mass is 16.5. The second kappa shape index (κ2) is 8.30. The van der Waals surface area contributed by atoms with Gasteiger partial charge in [-0.1, -0.05) is 30.3 Å². The molecule has 1 aromatic carbocycles. The highest BCUT2D eigenvalue weighted by Gasteiger charge is 2.40. The monoisotopic (exact) mass is 329 g/mol. The Labute approximate surface area is 144 Å². The fraction of sp³-hybridized carbons (Fsp3) is 0.600. The van der Waals surface area contributed by atoms with Crippen LogP contribution in [0.2, 0.25) is 0 Å². The Morgan fingerprint density at radius 2 is 2.12 bits per heavy atom. The van der Waals surface area contributed by atoms with Crippen LogP contribution in [0, 0.1) is 29.1 Å². The van der Waals surface area contributed by atoms with Crippen LogP contribution >= 0.6 is 0 Å². The van der Waals surface area contributed by atoms with Gasteiger partial charge in [0.05, 0.1) is 18.3 Å². The number of carbonyl (C=O) groups excluding carboxylic acids is 1. The lowest BCUT2D eigenvalue weighted by molar-refractivity contribution is -0.150. The largest absolute Gasteiger partial charge is 0.465 e. The predicted molar refractivity (Wildman–Crippen MR) is 92.1 cm³/mol. The summed E-state index contributed by atoms with van der Waals surface area (Å²) in [5.74, 6) is -0.920. The van der Waals surface area contributed by atoms with E-state index in [1.54, 1.807) is 6.92 Å². The van der Waals surface area contributed by atoms with Crippen LogP contribution in [0.4, 0.5) is 0 Å². The first-order valence-electron chi connectivity index (χ1n) is 8.71. The molecule has 0 saturated carbocycles. The number of esters is 1. The third kappa shape index (κ3) is 4.82. The molecule has 1 saturated heterocycles. The maximum Gasteiger partial charge on any atom is 0.323 e. The Bertz CT molecular complexity index is 576. The van der Waals surface area contributed by atoms with Crippen molar-refractivity contribution in [1.82, 2.24) is 0 Å². The molecule has 4 heteroatoms. The maximum atomic E-state index is 12.3. The zero-order valence-electron chi connectivity index (χ0n) is 14.8. The first-order valence-corrected chi connectivity index (χ1v) is 8.71. The molecule has 0 amide bonds. The van der Waals surface area contributed by atoms with E-state index in [0.29, 0.717) is 19.6 Å². The number of carbonyl (C=O) groups is 1. The fourth-order valence-corrected chi connectivity index (χ4v) is 3.64. The second-order valence-electron chi connectivity index (χ2n) is 7.07. The number of ether oxygens (including phenoxy) is 2. The molecule has 1 heterocycles. The molecule has 2 rings (SSSR count). The van der Waals surface area contributed by atoms with E-state index in [0.717, 1.165) is 18.4 Å². The van der Waals surface area contributed by atoms with Crippen LogP contribution < -0.4 is 0 Å². The smallest absolute Gasteiger partial charge is 0.323 e. The number of hydrogen-bond donors (Lipinski definition) is 0. The normalized spacial score (nSPS) is 22.2. The molecule has 24 heavy (non-hydrogen) atoms.